The fourth-order valence-corrected chi connectivity index (χ4v) is 3.81. The van der Waals surface area contributed by atoms with Crippen molar-refractivity contribution in [2.75, 3.05) is 7.05 Å². The van der Waals surface area contributed by atoms with Crippen molar-refractivity contribution in [1.29, 1.82) is 0 Å². The largest absolute Gasteiger partial charge is 0.295 e. The van der Waals surface area contributed by atoms with E-state index in [0.29, 0.717) is 11.7 Å². The number of halogens is 1. The van der Waals surface area contributed by atoms with Crippen LogP contribution in [0.15, 0.2) is 67.3 Å². The fraction of sp³-hybridized carbons (Fsp3) is 0.261. The SMILES string of the molecule is Cc1nn(Cc2ccccc2)c(Cl)c1CN(C)C(C)c1ccc(-n2cncn2)cc1. The van der Waals surface area contributed by atoms with Gasteiger partial charge >= 0.3 is 0 Å². The zero-order valence-corrected chi connectivity index (χ0v) is 18.2. The van der Waals surface area contributed by atoms with Crippen LogP contribution in [0, 0.1) is 6.92 Å². The summed E-state index contributed by atoms with van der Waals surface area (Å²) < 4.78 is 3.63. The van der Waals surface area contributed by atoms with Crippen molar-refractivity contribution in [2.24, 2.45) is 0 Å². The average molecular weight is 421 g/mol. The average Bonchev–Trinajstić information content (AvgIpc) is 3.39. The van der Waals surface area contributed by atoms with Crippen molar-refractivity contribution >= 4 is 11.6 Å². The molecule has 0 aliphatic heterocycles. The number of aryl methyl sites for hydroxylation is 1. The molecule has 4 aromatic rings. The first kappa shape index (κ1) is 20.3. The van der Waals surface area contributed by atoms with Gasteiger partial charge in [-0.25, -0.2) is 14.3 Å². The third-order valence-corrected chi connectivity index (χ3v) is 5.91. The second-order valence-electron chi connectivity index (χ2n) is 7.52. The second kappa shape index (κ2) is 8.81. The quantitative estimate of drug-likeness (QED) is 0.436. The van der Waals surface area contributed by atoms with Crippen LogP contribution in [-0.4, -0.2) is 36.5 Å². The molecule has 0 radical (unpaired) electrons. The topological polar surface area (TPSA) is 51.8 Å². The Morgan fingerprint density at radius 2 is 1.80 bits per heavy atom. The van der Waals surface area contributed by atoms with E-state index in [2.05, 4.69) is 70.5 Å². The number of hydrogen-bond acceptors (Lipinski definition) is 4. The summed E-state index contributed by atoms with van der Waals surface area (Å²) in [5, 5.41) is 9.55. The summed E-state index contributed by atoms with van der Waals surface area (Å²) in [4.78, 5) is 6.28. The van der Waals surface area contributed by atoms with E-state index in [0.717, 1.165) is 23.5 Å². The number of nitrogens with zero attached hydrogens (tertiary/aromatic N) is 6. The van der Waals surface area contributed by atoms with Crippen molar-refractivity contribution in [3.8, 4) is 5.69 Å². The molecule has 2 aromatic heterocycles. The minimum absolute atomic E-state index is 0.225. The maximum Gasteiger partial charge on any atom is 0.138 e. The van der Waals surface area contributed by atoms with E-state index in [4.69, 9.17) is 11.6 Å². The molecule has 6 nitrogen and oxygen atoms in total. The summed E-state index contributed by atoms with van der Waals surface area (Å²) in [6.45, 7) is 5.62. The van der Waals surface area contributed by atoms with Crippen molar-refractivity contribution < 1.29 is 0 Å². The molecule has 0 bridgehead atoms. The fourth-order valence-electron chi connectivity index (χ4n) is 3.52. The molecule has 7 heteroatoms. The number of rotatable bonds is 7. The Labute approximate surface area is 181 Å². The van der Waals surface area contributed by atoms with Crippen LogP contribution in [0.2, 0.25) is 5.15 Å². The highest BCUT2D eigenvalue weighted by atomic mass is 35.5. The molecule has 1 unspecified atom stereocenters. The Hall–Kier alpha value is -2.96. The zero-order chi connectivity index (χ0) is 21.1. The molecular formula is C23H25ClN6. The monoisotopic (exact) mass is 420 g/mol. The van der Waals surface area contributed by atoms with Crippen LogP contribution >= 0.6 is 11.6 Å². The van der Waals surface area contributed by atoms with Crippen LogP contribution in [0.25, 0.3) is 5.69 Å². The highest BCUT2D eigenvalue weighted by molar-refractivity contribution is 6.30. The van der Waals surface area contributed by atoms with Gasteiger partial charge in [-0.2, -0.15) is 10.2 Å². The first-order valence-electron chi connectivity index (χ1n) is 9.94. The molecule has 1 atom stereocenters. The number of aromatic nitrogens is 5. The Morgan fingerprint density at radius 3 is 2.47 bits per heavy atom. The van der Waals surface area contributed by atoms with Gasteiger partial charge < -0.3 is 0 Å². The molecule has 30 heavy (non-hydrogen) atoms. The number of hydrogen-bond donors (Lipinski definition) is 0. The van der Waals surface area contributed by atoms with Gasteiger partial charge in [0, 0.05) is 18.2 Å². The van der Waals surface area contributed by atoms with E-state index in [1.54, 1.807) is 11.0 Å². The molecule has 2 heterocycles. The van der Waals surface area contributed by atoms with Crippen molar-refractivity contribution in [3.63, 3.8) is 0 Å². The van der Waals surface area contributed by atoms with Gasteiger partial charge in [0.25, 0.3) is 0 Å². The van der Waals surface area contributed by atoms with E-state index in [-0.39, 0.29) is 6.04 Å². The normalized spacial score (nSPS) is 12.4. The lowest BCUT2D eigenvalue weighted by Gasteiger charge is -2.25. The van der Waals surface area contributed by atoms with Crippen LogP contribution in [0.5, 0.6) is 0 Å². The lowest BCUT2D eigenvalue weighted by molar-refractivity contribution is 0.252. The highest BCUT2D eigenvalue weighted by Crippen LogP contribution is 2.27. The van der Waals surface area contributed by atoms with Crippen molar-refractivity contribution in [2.45, 2.75) is 33.0 Å². The van der Waals surface area contributed by atoms with Gasteiger partial charge in [0.05, 0.1) is 17.9 Å². The van der Waals surface area contributed by atoms with Gasteiger partial charge in [-0.05, 0) is 44.2 Å². The van der Waals surface area contributed by atoms with Gasteiger partial charge in [-0.1, -0.05) is 54.1 Å². The molecule has 0 spiro atoms. The minimum atomic E-state index is 0.225. The molecule has 154 valence electrons. The van der Waals surface area contributed by atoms with E-state index in [1.807, 2.05) is 29.8 Å². The minimum Gasteiger partial charge on any atom is -0.295 e. The molecule has 0 aliphatic carbocycles. The van der Waals surface area contributed by atoms with Crippen molar-refractivity contribution in [3.05, 3.63) is 94.8 Å². The van der Waals surface area contributed by atoms with Gasteiger partial charge in [0.2, 0.25) is 0 Å². The molecule has 0 amide bonds. The molecule has 0 fully saturated rings. The van der Waals surface area contributed by atoms with E-state index in [1.165, 1.54) is 17.5 Å². The van der Waals surface area contributed by atoms with Crippen LogP contribution in [-0.2, 0) is 13.1 Å². The molecule has 4 rings (SSSR count). The Bertz CT molecular complexity index is 1090. The van der Waals surface area contributed by atoms with Crippen LogP contribution in [0.3, 0.4) is 0 Å². The molecule has 0 saturated carbocycles. The predicted molar refractivity (Wildman–Crippen MR) is 119 cm³/mol. The van der Waals surface area contributed by atoms with E-state index >= 15 is 0 Å². The summed E-state index contributed by atoms with van der Waals surface area (Å²) in [6, 6.07) is 18.9. The van der Waals surface area contributed by atoms with Crippen LogP contribution in [0.1, 0.15) is 35.3 Å². The van der Waals surface area contributed by atoms with Gasteiger partial charge in [0.15, 0.2) is 0 Å². The van der Waals surface area contributed by atoms with Crippen LogP contribution < -0.4 is 0 Å². The molecule has 0 aliphatic rings. The summed E-state index contributed by atoms with van der Waals surface area (Å²) in [7, 11) is 2.11. The zero-order valence-electron chi connectivity index (χ0n) is 17.4. The smallest absolute Gasteiger partial charge is 0.138 e. The van der Waals surface area contributed by atoms with Gasteiger partial charge in [-0.3, -0.25) is 4.90 Å². The predicted octanol–water partition coefficient (Wildman–Crippen LogP) is 4.67. The first-order chi connectivity index (χ1) is 14.5. The molecule has 0 N–H and O–H groups in total. The third kappa shape index (κ3) is 4.30. The summed E-state index contributed by atoms with van der Waals surface area (Å²) in [5.41, 5.74) is 5.44. The number of benzene rings is 2. The van der Waals surface area contributed by atoms with Crippen LogP contribution in [0.4, 0.5) is 0 Å². The third-order valence-electron chi connectivity index (χ3n) is 5.49. The van der Waals surface area contributed by atoms with E-state index in [9.17, 15) is 0 Å². The Kier molecular flexibility index (Phi) is 5.97. The molecular weight excluding hydrogens is 396 g/mol. The highest BCUT2D eigenvalue weighted by Gasteiger charge is 2.19. The molecule has 2 aromatic carbocycles. The second-order valence-corrected chi connectivity index (χ2v) is 7.88. The van der Waals surface area contributed by atoms with Crippen molar-refractivity contribution in [1.82, 2.24) is 29.4 Å². The lowest BCUT2D eigenvalue weighted by atomic mass is 10.1. The standard InChI is InChI=1S/C23H25ClN6/c1-17-22(23(24)29(27-17)13-19-7-5-4-6-8-19)14-28(3)18(2)20-9-11-21(12-10-20)30-16-25-15-26-30/h4-12,15-16,18H,13-14H2,1-3H3. The summed E-state index contributed by atoms with van der Waals surface area (Å²) in [6.07, 6.45) is 3.23. The maximum absolute atomic E-state index is 6.71. The van der Waals surface area contributed by atoms with Gasteiger partial charge in [-0.15, -0.1) is 0 Å². The maximum atomic E-state index is 6.71. The van der Waals surface area contributed by atoms with Gasteiger partial charge in [0.1, 0.15) is 17.8 Å². The summed E-state index contributed by atoms with van der Waals surface area (Å²) in [5.74, 6) is 0. The molecule has 0 saturated heterocycles. The Morgan fingerprint density at radius 1 is 1.07 bits per heavy atom. The summed E-state index contributed by atoms with van der Waals surface area (Å²) >= 11 is 6.71. The lowest BCUT2D eigenvalue weighted by Crippen LogP contribution is -2.22. The van der Waals surface area contributed by atoms with E-state index < -0.39 is 0 Å². The first-order valence-corrected chi connectivity index (χ1v) is 10.3. The Balaban J connectivity index is 1.47.